The topological polar surface area (TPSA) is 26.3 Å². The van der Waals surface area contributed by atoms with Crippen molar-refractivity contribution in [3.8, 4) is 0 Å². The molecule has 2 heteroatoms. The molecule has 3 aliphatic carbocycles. The van der Waals surface area contributed by atoms with Gasteiger partial charge >= 0.3 is 0 Å². The van der Waals surface area contributed by atoms with E-state index in [1.54, 1.807) is 0 Å². The first kappa shape index (κ1) is 7.84. The molecule has 0 aromatic heterocycles. The molecule has 0 aromatic rings. The molecular formula is C11H16O2. The van der Waals surface area contributed by atoms with Crippen LogP contribution in [0.5, 0.6) is 0 Å². The van der Waals surface area contributed by atoms with Crippen LogP contribution in [-0.2, 0) is 9.53 Å². The summed E-state index contributed by atoms with van der Waals surface area (Å²) in [4.78, 5) is 10.3. The van der Waals surface area contributed by atoms with Crippen molar-refractivity contribution in [3.05, 3.63) is 0 Å². The van der Waals surface area contributed by atoms with Crippen molar-refractivity contribution in [1.82, 2.24) is 0 Å². The predicted octanol–water partition coefficient (Wildman–Crippen LogP) is 1.98. The molecule has 3 aliphatic rings. The number of carbonyl (C=O) groups is 1. The highest BCUT2D eigenvalue weighted by Crippen LogP contribution is 2.59. The van der Waals surface area contributed by atoms with Gasteiger partial charge in [0.2, 0.25) is 0 Å². The molecule has 2 nitrogen and oxygen atoms in total. The summed E-state index contributed by atoms with van der Waals surface area (Å²) in [6.45, 7) is 0.648. The van der Waals surface area contributed by atoms with Gasteiger partial charge in [0.15, 0.2) is 0 Å². The van der Waals surface area contributed by atoms with E-state index < -0.39 is 0 Å². The number of rotatable bonds is 2. The fourth-order valence-electron chi connectivity index (χ4n) is 4.23. The van der Waals surface area contributed by atoms with Crippen LogP contribution in [0.15, 0.2) is 0 Å². The Labute approximate surface area is 78.6 Å². The standard InChI is InChI=1S/C11H16O2/c12-6-13-11-5-7-4-10(11)9-3-1-2-8(7)9/h6-11H,1-5H2/t7-,8+,9+,10+,11+/m1/s1. The maximum atomic E-state index is 10.3. The molecule has 0 heterocycles. The average Bonchev–Trinajstić information content (AvgIpc) is 2.72. The van der Waals surface area contributed by atoms with Crippen LogP contribution in [0.25, 0.3) is 0 Å². The summed E-state index contributed by atoms with van der Waals surface area (Å²) in [5.74, 6) is 3.52. The molecule has 0 amide bonds. The molecule has 0 aliphatic heterocycles. The minimum Gasteiger partial charge on any atom is -0.464 e. The number of ether oxygens (including phenoxy) is 1. The summed E-state index contributed by atoms with van der Waals surface area (Å²) in [7, 11) is 0. The van der Waals surface area contributed by atoms with Crippen molar-refractivity contribution in [2.24, 2.45) is 23.7 Å². The molecule has 3 fully saturated rings. The third-order valence-electron chi connectivity index (χ3n) is 4.60. The smallest absolute Gasteiger partial charge is 0.293 e. The molecule has 0 aromatic carbocycles. The van der Waals surface area contributed by atoms with E-state index in [2.05, 4.69) is 0 Å². The van der Waals surface area contributed by atoms with Crippen molar-refractivity contribution < 1.29 is 9.53 Å². The first-order chi connectivity index (χ1) is 6.40. The number of hydrogen-bond donors (Lipinski definition) is 0. The summed E-state index contributed by atoms with van der Waals surface area (Å²) in [6, 6.07) is 0. The first-order valence-corrected chi connectivity index (χ1v) is 5.49. The van der Waals surface area contributed by atoms with Gasteiger partial charge in [0.1, 0.15) is 6.10 Å². The van der Waals surface area contributed by atoms with E-state index >= 15 is 0 Å². The minimum atomic E-state index is 0.279. The fraction of sp³-hybridized carbons (Fsp3) is 0.909. The quantitative estimate of drug-likeness (QED) is 0.607. The zero-order chi connectivity index (χ0) is 8.84. The van der Waals surface area contributed by atoms with Gasteiger partial charge in [-0.15, -0.1) is 0 Å². The lowest BCUT2D eigenvalue weighted by molar-refractivity contribution is -0.137. The molecule has 0 N–H and O–H groups in total. The molecule has 0 saturated heterocycles. The Morgan fingerprint density at radius 2 is 1.92 bits per heavy atom. The Bertz CT molecular complexity index is 226. The Hall–Kier alpha value is -0.530. The normalized spacial score (nSPS) is 52.2. The predicted molar refractivity (Wildman–Crippen MR) is 48.0 cm³/mol. The molecule has 5 atom stereocenters. The van der Waals surface area contributed by atoms with Crippen molar-refractivity contribution in [3.63, 3.8) is 0 Å². The van der Waals surface area contributed by atoms with Crippen LogP contribution in [0, 0.1) is 23.7 Å². The molecule has 72 valence electrons. The van der Waals surface area contributed by atoms with E-state index in [1.807, 2.05) is 0 Å². The van der Waals surface area contributed by atoms with Gasteiger partial charge < -0.3 is 4.74 Å². The second-order valence-corrected chi connectivity index (χ2v) is 4.92. The van der Waals surface area contributed by atoms with Gasteiger partial charge in [-0.3, -0.25) is 4.79 Å². The van der Waals surface area contributed by atoms with Gasteiger partial charge in [-0.2, -0.15) is 0 Å². The van der Waals surface area contributed by atoms with E-state index in [1.165, 1.54) is 25.7 Å². The third-order valence-corrected chi connectivity index (χ3v) is 4.60. The van der Waals surface area contributed by atoms with Crippen molar-refractivity contribution in [1.29, 1.82) is 0 Å². The summed E-state index contributed by atoms with van der Waals surface area (Å²) in [6.07, 6.45) is 7.03. The van der Waals surface area contributed by atoms with Gasteiger partial charge in [0, 0.05) is 0 Å². The molecule has 0 unspecified atom stereocenters. The van der Waals surface area contributed by atoms with E-state index in [4.69, 9.17) is 4.74 Å². The van der Waals surface area contributed by atoms with Crippen LogP contribution in [0.1, 0.15) is 32.1 Å². The molecule has 0 radical (unpaired) electrons. The second-order valence-electron chi connectivity index (χ2n) is 4.92. The van der Waals surface area contributed by atoms with E-state index in [0.717, 1.165) is 30.1 Å². The summed E-state index contributed by atoms with van der Waals surface area (Å²) in [5, 5.41) is 0. The Morgan fingerprint density at radius 1 is 1.08 bits per heavy atom. The Balaban J connectivity index is 1.77. The van der Waals surface area contributed by atoms with Gasteiger partial charge in [-0.1, -0.05) is 6.42 Å². The molecule has 2 bridgehead atoms. The average molecular weight is 180 g/mol. The van der Waals surface area contributed by atoms with Gasteiger partial charge in [-0.05, 0) is 49.4 Å². The van der Waals surface area contributed by atoms with Crippen LogP contribution >= 0.6 is 0 Å². The van der Waals surface area contributed by atoms with Crippen LogP contribution in [0.2, 0.25) is 0 Å². The second kappa shape index (κ2) is 2.73. The fourth-order valence-corrected chi connectivity index (χ4v) is 4.23. The first-order valence-electron chi connectivity index (χ1n) is 5.49. The zero-order valence-corrected chi connectivity index (χ0v) is 7.82. The molecule has 3 saturated carbocycles. The van der Waals surface area contributed by atoms with Crippen LogP contribution in [0.4, 0.5) is 0 Å². The number of hydrogen-bond acceptors (Lipinski definition) is 2. The maximum Gasteiger partial charge on any atom is 0.293 e. The summed E-state index contributed by atoms with van der Waals surface area (Å²) < 4.78 is 5.16. The number of carbonyl (C=O) groups excluding carboxylic acids is 1. The van der Waals surface area contributed by atoms with Crippen molar-refractivity contribution in [2.45, 2.75) is 38.2 Å². The van der Waals surface area contributed by atoms with E-state index in [0.29, 0.717) is 6.47 Å². The highest BCUT2D eigenvalue weighted by molar-refractivity contribution is 5.38. The molecule has 3 rings (SSSR count). The highest BCUT2D eigenvalue weighted by Gasteiger charge is 2.54. The van der Waals surface area contributed by atoms with E-state index in [9.17, 15) is 4.79 Å². The molecule has 13 heavy (non-hydrogen) atoms. The lowest BCUT2D eigenvalue weighted by Gasteiger charge is -2.30. The van der Waals surface area contributed by atoms with Crippen LogP contribution in [-0.4, -0.2) is 12.6 Å². The SMILES string of the molecule is O=CO[C@H]1C[C@H]2C[C@H]1[C@H]1CCC[C@@H]21. The van der Waals surface area contributed by atoms with Gasteiger partial charge in [0.05, 0.1) is 0 Å². The monoisotopic (exact) mass is 180 g/mol. The summed E-state index contributed by atoms with van der Waals surface area (Å²) in [5.41, 5.74) is 0. The molecular weight excluding hydrogens is 164 g/mol. The maximum absolute atomic E-state index is 10.3. The van der Waals surface area contributed by atoms with Gasteiger partial charge in [-0.25, -0.2) is 0 Å². The van der Waals surface area contributed by atoms with Crippen LogP contribution in [0.3, 0.4) is 0 Å². The third kappa shape index (κ3) is 0.976. The Morgan fingerprint density at radius 3 is 2.77 bits per heavy atom. The lowest BCUT2D eigenvalue weighted by atomic mass is 9.80. The molecule has 0 spiro atoms. The van der Waals surface area contributed by atoms with Crippen molar-refractivity contribution >= 4 is 6.47 Å². The van der Waals surface area contributed by atoms with Crippen molar-refractivity contribution in [2.75, 3.05) is 0 Å². The Kier molecular flexibility index (Phi) is 1.64. The minimum absolute atomic E-state index is 0.279. The largest absolute Gasteiger partial charge is 0.464 e. The van der Waals surface area contributed by atoms with Crippen LogP contribution < -0.4 is 0 Å². The van der Waals surface area contributed by atoms with Gasteiger partial charge in [0.25, 0.3) is 6.47 Å². The lowest BCUT2D eigenvalue weighted by Crippen LogP contribution is -2.29. The van der Waals surface area contributed by atoms with E-state index in [-0.39, 0.29) is 6.10 Å². The summed E-state index contributed by atoms with van der Waals surface area (Å²) >= 11 is 0. The zero-order valence-electron chi connectivity index (χ0n) is 7.82. The highest BCUT2D eigenvalue weighted by atomic mass is 16.5. The number of fused-ring (bicyclic) bond motifs is 5.